The van der Waals surface area contributed by atoms with Crippen LogP contribution >= 0.6 is 9.24 Å². The normalized spacial score (nSPS) is 38.8. The quantitative estimate of drug-likeness (QED) is 0.352. The molecular weight excluding hydrogens is 539 g/mol. The minimum absolute atomic E-state index is 0.0380. The van der Waals surface area contributed by atoms with Crippen molar-refractivity contribution in [3.8, 4) is 12.8 Å². The lowest BCUT2D eigenvalue weighted by atomic mass is 9.45. The molecule has 4 aliphatic rings. The predicted molar refractivity (Wildman–Crippen MR) is 165 cm³/mol. The summed E-state index contributed by atoms with van der Waals surface area (Å²) < 4.78 is 30.2. The van der Waals surface area contributed by atoms with Crippen molar-refractivity contribution in [2.45, 2.75) is 70.9 Å². The fourth-order valence-electron chi connectivity index (χ4n) is 8.53. The van der Waals surface area contributed by atoms with Crippen LogP contribution in [0.25, 0.3) is 0 Å². The van der Waals surface area contributed by atoms with Gasteiger partial charge in [0.05, 0.1) is 6.10 Å². The maximum Gasteiger partial charge on any atom is 0.178 e. The summed E-state index contributed by atoms with van der Waals surface area (Å²) in [5.41, 5.74) is -0.253. The van der Waals surface area contributed by atoms with Crippen LogP contribution in [-0.2, 0) is 16.1 Å². The summed E-state index contributed by atoms with van der Waals surface area (Å²) in [5, 5.41) is 11.2. The third kappa shape index (κ3) is 5.75. The van der Waals surface area contributed by atoms with Gasteiger partial charge in [-0.1, -0.05) is 49.8 Å². The van der Waals surface area contributed by atoms with E-state index in [4.69, 9.17) is 0 Å². The zero-order valence-electron chi connectivity index (χ0n) is 25.2. The van der Waals surface area contributed by atoms with Crippen molar-refractivity contribution in [3.05, 3.63) is 59.2 Å². The Morgan fingerprint density at radius 2 is 1.76 bits per heavy atom. The first-order chi connectivity index (χ1) is 19.2. The number of aliphatic hydroxyl groups is 1. The second kappa shape index (κ2) is 12.6. The fourth-order valence-corrected chi connectivity index (χ4v) is 9.26. The van der Waals surface area contributed by atoms with Crippen molar-refractivity contribution in [3.63, 3.8) is 0 Å². The van der Waals surface area contributed by atoms with Crippen LogP contribution in [0.4, 0.5) is 8.78 Å². The van der Waals surface area contributed by atoms with Crippen LogP contribution in [0.15, 0.2) is 48.1 Å². The Labute approximate surface area is 247 Å². The van der Waals surface area contributed by atoms with Crippen molar-refractivity contribution in [2.75, 3.05) is 20.8 Å². The van der Waals surface area contributed by atoms with Gasteiger partial charge >= 0.3 is 0 Å². The number of hydrogen-bond donors (Lipinski definition) is 1. The SMILES string of the molecule is C#C.C[C@@H]1CC2C3C[C@H](P)C4=CC(=O)C=CC4(C)[C@@]3(F)C(O)C[C@]2(C)[C@H]1C(=O)CF.Cc1ccc(CN(C)C)cc1. The minimum atomic E-state index is -1.92. The van der Waals surface area contributed by atoms with Gasteiger partial charge in [-0.25, -0.2) is 8.78 Å². The van der Waals surface area contributed by atoms with Gasteiger partial charge < -0.3 is 10.0 Å². The average Bonchev–Trinajstić information content (AvgIpc) is 3.18. The molecule has 0 saturated heterocycles. The van der Waals surface area contributed by atoms with Gasteiger partial charge in [0.15, 0.2) is 17.2 Å². The number of carbonyl (C=O) groups is 2. The smallest absolute Gasteiger partial charge is 0.178 e. The molecule has 1 aromatic rings. The van der Waals surface area contributed by atoms with Crippen LogP contribution in [-0.4, -0.2) is 59.8 Å². The van der Waals surface area contributed by atoms with E-state index in [1.54, 1.807) is 13.0 Å². The lowest BCUT2D eigenvalue weighted by Crippen LogP contribution is -2.68. The van der Waals surface area contributed by atoms with Gasteiger partial charge in [0.1, 0.15) is 6.67 Å². The Morgan fingerprint density at radius 1 is 1.15 bits per heavy atom. The van der Waals surface area contributed by atoms with E-state index in [1.165, 1.54) is 23.3 Å². The molecule has 0 spiro atoms. The van der Waals surface area contributed by atoms with E-state index in [0.29, 0.717) is 18.4 Å². The van der Waals surface area contributed by atoms with Crippen LogP contribution in [0.1, 0.15) is 51.2 Å². The molecule has 0 amide bonds. The highest BCUT2D eigenvalue weighted by Crippen LogP contribution is 2.70. The highest BCUT2D eigenvalue weighted by atomic mass is 31.0. The first-order valence-corrected chi connectivity index (χ1v) is 15.1. The number of allylic oxidation sites excluding steroid dienone is 4. The Kier molecular flexibility index (Phi) is 10.2. The summed E-state index contributed by atoms with van der Waals surface area (Å²) in [6, 6.07) is 8.66. The van der Waals surface area contributed by atoms with Crippen LogP contribution in [0.2, 0.25) is 0 Å². The molecule has 41 heavy (non-hydrogen) atoms. The molecule has 0 aromatic heterocycles. The van der Waals surface area contributed by atoms with Gasteiger partial charge in [0.25, 0.3) is 0 Å². The molecule has 0 heterocycles. The maximum absolute atomic E-state index is 17.0. The summed E-state index contributed by atoms with van der Waals surface area (Å²) >= 11 is 0. The van der Waals surface area contributed by atoms with E-state index in [2.05, 4.69) is 72.3 Å². The molecule has 3 fully saturated rings. The molecule has 4 nitrogen and oxygen atoms in total. The number of ketones is 2. The summed E-state index contributed by atoms with van der Waals surface area (Å²) in [4.78, 5) is 26.5. The number of aryl methyl sites for hydroxylation is 1. The van der Waals surface area contributed by atoms with Crippen LogP contribution in [0.5, 0.6) is 0 Å². The lowest BCUT2D eigenvalue weighted by Gasteiger charge is -2.63. The summed E-state index contributed by atoms with van der Waals surface area (Å²) in [7, 11) is 6.91. The molecule has 0 aliphatic heterocycles. The van der Waals surface area contributed by atoms with Gasteiger partial charge in [-0.3, -0.25) is 9.59 Å². The van der Waals surface area contributed by atoms with Crippen LogP contribution in [0.3, 0.4) is 0 Å². The Bertz CT molecular complexity index is 1210. The molecule has 0 radical (unpaired) electrons. The zero-order valence-corrected chi connectivity index (χ0v) is 26.4. The first kappa shape index (κ1) is 33.3. The molecule has 1 N–H and O–H groups in total. The molecule has 10 atom stereocenters. The lowest BCUT2D eigenvalue weighted by molar-refractivity contribution is -0.195. The monoisotopic (exact) mass is 585 g/mol. The molecular formula is C34H46F2NO3P. The summed E-state index contributed by atoms with van der Waals surface area (Å²) in [6.45, 7) is 7.79. The standard InChI is InChI=1S/C22H29F2O3P.C10H15N.C2H2/c1-11-6-13-14-8-17(28)15-7-12(25)4-5-21(15,3)22(14,24)18(27)9-20(13,2)19(11)16(26)10-23;1-9-4-6-10(7-5-9)8-11(2)3;1-2/h4-5,7,11,13-14,17-19,27H,6,8-10,28H2,1-3H3;4-7H,8H2,1-3H3;1-2H/t11-,13?,14?,17+,18?,19-,20+,21?,22+;;/m1../s1. The van der Waals surface area contributed by atoms with E-state index >= 15 is 4.39 Å². The summed E-state index contributed by atoms with van der Waals surface area (Å²) in [6.07, 6.45) is 12.6. The van der Waals surface area contributed by atoms with Crippen molar-refractivity contribution < 1.29 is 23.5 Å². The molecule has 0 bridgehead atoms. The Morgan fingerprint density at radius 3 is 2.32 bits per heavy atom. The Balaban J connectivity index is 0.000000299. The van der Waals surface area contributed by atoms with E-state index in [-0.39, 0.29) is 29.7 Å². The first-order valence-electron chi connectivity index (χ1n) is 14.4. The number of rotatable bonds is 4. The minimum Gasteiger partial charge on any atom is -0.390 e. The third-order valence-corrected chi connectivity index (χ3v) is 10.8. The zero-order chi connectivity index (χ0) is 30.9. The molecule has 224 valence electrons. The number of fused-ring (bicyclic) bond motifs is 5. The predicted octanol–water partition coefficient (Wildman–Crippen LogP) is 5.92. The number of alkyl halides is 2. The summed E-state index contributed by atoms with van der Waals surface area (Å²) in [5.74, 6) is -1.67. The van der Waals surface area contributed by atoms with Gasteiger partial charge in [-0.15, -0.1) is 22.1 Å². The third-order valence-electron chi connectivity index (χ3n) is 10.2. The molecule has 5 unspecified atom stereocenters. The van der Waals surface area contributed by atoms with Gasteiger partial charge in [0.2, 0.25) is 0 Å². The van der Waals surface area contributed by atoms with E-state index in [0.717, 1.165) is 6.54 Å². The molecule has 1 aromatic carbocycles. The Hall–Kier alpha value is -2.19. The highest BCUT2D eigenvalue weighted by Gasteiger charge is 2.72. The number of aliphatic hydroxyl groups excluding tert-OH is 1. The van der Waals surface area contributed by atoms with Crippen LogP contribution < -0.4 is 0 Å². The van der Waals surface area contributed by atoms with E-state index < -0.39 is 46.9 Å². The number of hydrogen-bond acceptors (Lipinski definition) is 4. The van der Waals surface area contributed by atoms with E-state index in [1.807, 2.05) is 13.8 Å². The van der Waals surface area contributed by atoms with Gasteiger partial charge in [-0.2, -0.15) is 0 Å². The van der Waals surface area contributed by atoms with E-state index in [9.17, 15) is 19.1 Å². The number of carbonyl (C=O) groups excluding carboxylic acids is 2. The number of benzene rings is 1. The largest absolute Gasteiger partial charge is 0.390 e. The molecule has 7 heteroatoms. The second-order valence-electron chi connectivity index (χ2n) is 13.1. The molecule has 5 rings (SSSR count). The van der Waals surface area contributed by atoms with Gasteiger partial charge in [0, 0.05) is 23.8 Å². The van der Waals surface area contributed by atoms with Crippen LogP contribution in [0, 0.1) is 54.3 Å². The number of terminal acetylenes is 1. The molecule has 3 saturated carbocycles. The second-order valence-corrected chi connectivity index (χ2v) is 13.9. The average molecular weight is 586 g/mol. The van der Waals surface area contributed by atoms with Crippen molar-refractivity contribution in [1.82, 2.24) is 4.90 Å². The van der Waals surface area contributed by atoms with Crippen molar-refractivity contribution in [1.29, 1.82) is 0 Å². The maximum atomic E-state index is 17.0. The number of Topliss-reactive ketones (excluding diaryl/α,β-unsaturated/α-hetero) is 1. The number of halogens is 2. The fraction of sp³-hybridized carbons (Fsp3) is 0.588. The van der Waals surface area contributed by atoms with Crippen molar-refractivity contribution >= 4 is 20.8 Å². The number of nitrogens with zero attached hydrogens (tertiary/aromatic N) is 1. The highest BCUT2D eigenvalue weighted by molar-refractivity contribution is 7.18. The van der Waals surface area contributed by atoms with Gasteiger partial charge in [-0.05, 0) is 93.4 Å². The molecule has 4 aliphatic carbocycles. The van der Waals surface area contributed by atoms with Crippen molar-refractivity contribution in [2.24, 2.45) is 34.5 Å². The topological polar surface area (TPSA) is 57.6 Å².